The maximum Gasteiger partial charge on any atom is 0.243 e. The predicted molar refractivity (Wildman–Crippen MR) is 137 cm³/mol. The van der Waals surface area contributed by atoms with E-state index in [9.17, 15) is 9.59 Å². The topological polar surface area (TPSA) is 58.4 Å². The van der Waals surface area contributed by atoms with Gasteiger partial charge in [-0.2, -0.15) is 0 Å². The standard InChI is InChI=1S/C27H33ClN4O2/c1-5-18(3)32(19(4)6-2)26(34)17-31-24-14-10-8-12-22(24)29-27(31)20-15-25(33)30(16-20)23-13-9-7-11-21(23)28/h7-14,18-20H,5-6,15-17H2,1-4H3. The normalized spacial score (nSPS) is 17.9. The van der Waals surface area contributed by atoms with Gasteiger partial charge in [-0.05, 0) is 51.0 Å². The van der Waals surface area contributed by atoms with Gasteiger partial charge in [0.15, 0.2) is 0 Å². The first kappa shape index (κ1) is 24.3. The Morgan fingerprint density at radius 3 is 2.41 bits per heavy atom. The van der Waals surface area contributed by atoms with E-state index in [1.165, 1.54) is 0 Å². The summed E-state index contributed by atoms with van der Waals surface area (Å²) in [5.41, 5.74) is 2.48. The molecule has 0 bridgehead atoms. The molecule has 2 heterocycles. The van der Waals surface area contributed by atoms with Gasteiger partial charge in [-0.15, -0.1) is 0 Å². The minimum atomic E-state index is -0.121. The second-order valence-electron chi connectivity index (χ2n) is 9.22. The predicted octanol–water partition coefficient (Wildman–Crippen LogP) is 5.64. The molecule has 1 aliphatic rings. The quantitative estimate of drug-likeness (QED) is 0.419. The molecule has 2 amide bonds. The average molecular weight is 481 g/mol. The second kappa shape index (κ2) is 10.2. The number of para-hydroxylation sites is 3. The Kier molecular flexibility index (Phi) is 7.27. The van der Waals surface area contributed by atoms with Gasteiger partial charge in [-0.3, -0.25) is 9.59 Å². The van der Waals surface area contributed by atoms with Crippen LogP contribution in [0.3, 0.4) is 0 Å². The van der Waals surface area contributed by atoms with E-state index in [0.717, 1.165) is 35.4 Å². The van der Waals surface area contributed by atoms with Crippen molar-refractivity contribution in [1.29, 1.82) is 0 Å². The molecule has 3 atom stereocenters. The molecule has 0 N–H and O–H groups in total. The van der Waals surface area contributed by atoms with E-state index < -0.39 is 0 Å². The highest BCUT2D eigenvalue weighted by Gasteiger charge is 2.36. The fourth-order valence-electron chi connectivity index (χ4n) is 4.89. The molecule has 0 spiro atoms. The lowest BCUT2D eigenvalue weighted by molar-refractivity contribution is -0.136. The third-order valence-electron chi connectivity index (χ3n) is 7.03. The summed E-state index contributed by atoms with van der Waals surface area (Å²) in [6.45, 7) is 9.13. The van der Waals surface area contributed by atoms with E-state index >= 15 is 0 Å². The van der Waals surface area contributed by atoms with Gasteiger partial charge in [0.1, 0.15) is 12.4 Å². The molecule has 0 saturated carbocycles. The number of anilines is 1. The lowest BCUT2D eigenvalue weighted by atomic mass is 10.1. The second-order valence-corrected chi connectivity index (χ2v) is 9.62. The van der Waals surface area contributed by atoms with Crippen molar-refractivity contribution < 1.29 is 9.59 Å². The zero-order valence-electron chi connectivity index (χ0n) is 20.4. The third-order valence-corrected chi connectivity index (χ3v) is 7.35. The molecule has 180 valence electrons. The molecule has 3 aromatic rings. The Labute approximate surface area is 206 Å². The molecular weight excluding hydrogens is 448 g/mol. The smallest absolute Gasteiger partial charge is 0.243 e. The van der Waals surface area contributed by atoms with Crippen LogP contribution >= 0.6 is 11.6 Å². The summed E-state index contributed by atoms with van der Waals surface area (Å²) in [6, 6.07) is 15.6. The van der Waals surface area contributed by atoms with Crippen LogP contribution in [0.1, 0.15) is 58.7 Å². The van der Waals surface area contributed by atoms with Crippen LogP contribution in [0.2, 0.25) is 5.02 Å². The molecule has 2 aromatic carbocycles. The van der Waals surface area contributed by atoms with Crippen LogP contribution in [0, 0.1) is 0 Å². The molecule has 6 nitrogen and oxygen atoms in total. The van der Waals surface area contributed by atoms with Crippen molar-refractivity contribution in [2.45, 2.75) is 71.5 Å². The first-order chi connectivity index (χ1) is 16.3. The minimum Gasteiger partial charge on any atom is -0.336 e. The molecule has 7 heteroatoms. The summed E-state index contributed by atoms with van der Waals surface area (Å²) in [5, 5.41) is 0.554. The van der Waals surface area contributed by atoms with E-state index in [4.69, 9.17) is 16.6 Å². The highest BCUT2D eigenvalue weighted by Crippen LogP contribution is 2.36. The summed E-state index contributed by atoms with van der Waals surface area (Å²) in [5.74, 6) is 0.764. The molecule has 1 aliphatic heterocycles. The van der Waals surface area contributed by atoms with E-state index in [1.54, 1.807) is 11.0 Å². The van der Waals surface area contributed by atoms with E-state index in [2.05, 4.69) is 27.7 Å². The van der Waals surface area contributed by atoms with Crippen LogP contribution in [0.4, 0.5) is 5.69 Å². The number of carbonyl (C=O) groups excluding carboxylic acids is 2. The van der Waals surface area contributed by atoms with Crippen LogP contribution in [0.15, 0.2) is 48.5 Å². The van der Waals surface area contributed by atoms with Gasteiger partial charge in [-0.25, -0.2) is 4.98 Å². The first-order valence-electron chi connectivity index (χ1n) is 12.2. The largest absolute Gasteiger partial charge is 0.336 e. The molecule has 1 fully saturated rings. The highest BCUT2D eigenvalue weighted by atomic mass is 35.5. The Bertz CT molecular complexity index is 1180. The monoisotopic (exact) mass is 480 g/mol. The lowest BCUT2D eigenvalue weighted by Crippen LogP contribution is -2.46. The number of nitrogens with zero attached hydrogens (tertiary/aromatic N) is 4. The summed E-state index contributed by atoms with van der Waals surface area (Å²) < 4.78 is 2.02. The Hall–Kier alpha value is -2.86. The van der Waals surface area contributed by atoms with Crippen molar-refractivity contribution in [1.82, 2.24) is 14.5 Å². The number of hydrogen-bond acceptors (Lipinski definition) is 3. The minimum absolute atomic E-state index is 0.0175. The van der Waals surface area contributed by atoms with Crippen molar-refractivity contribution >= 4 is 40.1 Å². The zero-order chi connectivity index (χ0) is 24.4. The number of hydrogen-bond donors (Lipinski definition) is 0. The van der Waals surface area contributed by atoms with Crippen LogP contribution < -0.4 is 4.90 Å². The molecular formula is C27H33ClN4O2. The van der Waals surface area contributed by atoms with E-state index in [1.807, 2.05) is 51.9 Å². The van der Waals surface area contributed by atoms with Crippen molar-refractivity contribution in [2.24, 2.45) is 0 Å². The van der Waals surface area contributed by atoms with Gasteiger partial charge in [-0.1, -0.05) is 49.7 Å². The molecule has 34 heavy (non-hydrogen) atoms. The van der Waals surface area contributed by atoms with Crippen LogP contribution in [-0.2, 0) is 16.1 Å². The van der Waals surface area contributed by atoms with Gasteiger partial charge >= 0.3 is 0 Å². The SMILES string of the molecule is CCC(C)N(C(=O)Cn1c(C2CC(=O)N(c3ccccc3Cl)C2)nc2ccccc21)C(C)CC. The Balaban J connectivity index is 1.69. The maximum atomic E-state index is 13.6. The Morgan fingerprint density at radius 2 is 1.74 bits per heavy atom. The molecule has 0 aliphatic carbocycles. The number of aromatic nitrogens is 2. The zero-order valence-corrected chi connectivity index (χ0v) is 21.1. The molecule has 3 unspecified atom stereocenters. The summed E-state index contributed by atoms with van der Waals surface area (Å²) in [7, 11) is 0. The molecule has 0 radical (unpaired) electrons. The van der Waals surface area contributed by atoms with E-state index in [0.29, 0.717) is 18.0 Å². The fourth-order valence-corrected chi connectivity index (χ4v) is 5.13. The van der Waals surface area contributed by atoms with Crippen molar-refractivity contribution in [3.63, 3.8) is 0 Å². The number of halogens is 1. The van der Waals surface area contributed by atoms with Crippen LogP contribution in [0.25, 0.3) is 11.0 Å². The summed E-state index contributed by atoms with van der Waals surface area (Å²) >= 11 is 6.38. The first-order valence-corrected chi connectivity index (χ1v) is 12.5. The van der Waals surface area contributed by atoms with Gasteiger partial charge in [0, 0.05) is 31.0 Å². The maximum absolute atomic E-state index is 13.6. The van der Waals surface area contributed by atoms with Crippen LogP contribution in [0.5, 0.6) is 0 Å². The number of fused-ring (bicyclic) bond motifs is 1. The average Bonchev–Trinajstić information content (AvgIpc) is 3.39. The lowest BCUT2D eigenvalue weighted by Gasteiger charge is -2.34. The molecule has 4 rings (SSSR count). The molecule has 1 saturated heterocycles. The van der Waals surface area contributed by atoms with Crippen LogP contribution in [-0.4, -0.2) is 44.9 Å². The number of amides is 2. The number of benzene rings is 2. The van der Waals surface area contributed by atoms with Gasteiger partial charge in [0.25, 0.3) is 0 Å². The van der Waals surface area contributed by atoms with Crippen molar-refractivity contribution in [3.8, 4) is 0 Å². The number of carbonyl (C=O) groups is 2. The van der Waals surface area contributed by atoms with Gasteiger partial charge in [0.2, 0.25) is 11.8 Å². The number of imidazole rings is 1. The van der Waals surface area contributed by atoms with Crippen molar-refractivity contribution in [2.75, 3.05) is 11.4 Å². The summed E-state index contributed by atoms with van der Waals surface area (Å²) in [6.07, 6.45) is 2.14. The highest BCUT2D eigenvalue weighted by molar-refractivity contribution is 6.33. The van der Waals surface area contributed by atoms with E-state index in [-0.39, 0.29) is 36.4 Å². The third kappa shape index (κ3) is 4.56. The fraction of sp³-hybridized carbons (Fsp3) is 0.444. The number of rotatable bonds is 8. The van der Waals surface area contributed by atoms with Crippen molar-refractivity contribution in [3.05, 3.63) is 59.4 Å². The molecule has 1 aromatic heterocycles. The summed E-state index contributed by atoms with van der Waals surface area (Å²) in [4.78, 5) is 35.2. The van der Waals surface area contributed by atoms with Gasteiger partial charge in [0.05, 0.1) is 21.7 Å². The van der Waals surface area contributed by atoms with Gasteiger partial charge < -0.3 is 14.4 Å². The Morgan fingerprint density at radius 1 is 1.09 bits per heavy atom.